The summed E-state index contributed by atoms with van der Waals surface area (Å²) in [5.41, 5.74) is 1.71. The first kappa shape index (κ1) is 16.9. The van der Waals surface area contributed by atoms with Gasteiger partial charge in [0.05, 0.1) is 4.90 Å². The third-order valence-corrected chi connectivity index (χ3v) is 7.71. The van der Waals surface area contributed by atoms with Crippen molar-refractivity contribution in [2.24, 2.45) is 5.41 Å². The average molecular weight is 337 g/mol. The van der Waals surface area contributed by atoms with E-state index in [1.54, 1.807) is 26.2 Å². The highest BCUT2D eigenvalue weighted by molar-refractivity contribution is 7.89. The van der Waals surface area contributed by atoms with E-state index < -0.39 is 10.0 Å². The summed E-state index contributed by atoms with van der Waals surface area (Å²) in [6, 6.07) is 8.20. The lowest BCUT2D eigenvalue weighted by atomic mass is 9.63. The van der Waals surface area contributed by atoms with Gasteiger partial charge in [-0.3, -0.25) is 0 Å². The molecule has 0 heterocycles. The third kappa shape index (κ3) is 3.06. The Bertz CT molecular complexity index is 646. The van der Waals surface area contributed by atoms with E-state index in [1.807, 2.05) is 12.1 Å². The van der Waals surface area contributed by atoms with E-state index >= 15 is 0 Å². The van der Waals surface area contributed by atoms with E-state index in [1.165, 1.54) is 42.8 Å². The average Bonchev–Trinajstić information content (AvgIpc) is 3.03. The van der Waals surface area contributed by atoms with Gasteiger partial charge in [-0.25, -0.2) is 12.7 Å². The Hall–Kier alpha value is -0.910. The van der Waals surface area contributed by atoms with Crippen LogP contribution in [0.5, 0.6) is 0 Å². The van der Waals surface area contributed by atoms with Crippen LogP contribution >= 0.6 is 0 Å². The highest BCUT2D eigenvalue weighted by atomic mass is 32.2. The standard InChI is InChI=1S/C18H28N2O2S/c1-14(19-17-10-13-18(17)11-4-5-12-18)15-6-8-16(9-7-15)23(21,22)20(2)3/h6-9,14,17,19H,4-5,10-13H2,1-3H3. The van der Waals surface area contributed by atoms with E-state index in [0.29, 0.717) is 16.4 Å². The number of hydrogen-bond donors (Lipinski definition) is 1. The number of sulfonamides is 1. The molecule has 2 saturated carbocycles. The molecule has 128 valence electrons. The van der Waals surface area contributed by atoms with Gasteiger partial charge in [-0.2, -0.15) is 0 Å². The van der Waals surface area contributed by atoms with Crippen LogP contribution in [-0.4, -0.2) is 32.9 Å². The Labute approximate surface area is 140 Å². The SMILES string of the molecule is CC(NC1CCC12CCCC2)c1ccc(S(=O)(=O)N(C)C)cc1. The fourth-order valence-corrected chi connectivity index (χ4v) is 5.07. The molecule has 2 aliphatic rings. The van der Waals surface area contributed by atoms with Crippen molar-refractivity contribution in [1.29, 1.82) is 0 Å². The molecule has 0 radical (unpaired) electrons. The lowest BCUT2D eigenvalue weighted by Gasteiger charge is -2.49. The van der Waals surface area contributed by atoms with Crippen molar-refractivity contribution in [3.63, 3.8) is 0 Å². The van der Waals surface area contributed by atoms with Gasteiger partial charge in [0.15, 0.2) is 0 Å². The van der Waals surface area contributed by atoms with Crippen LogP contribution in [0, 0.1) is 5.41 Å². The summed E-state index contributed by atoms with van der Waals surface area (Å²) >= 11 is 0. The normalized spacial score (nSPS) is 24.8. The highest BCUT2D eigenvalue weighted by Crippen LogP contribution is 2.53. The molecule has 3 rings (SSSR count). The Morgan fingerprint density at radius 1 is 1.13 bits per heavy atom. The van der Waals surface area contributed by atoms with Gasteiger partial charge >= 0.3 is 0 Å². The second kappa shape index (κ2) is 6.19. The molecule has 2 aliphatic carbocycles. The van der Waals surface area contributed by atoms with Crippen LogP contribution in [-0.2, 0) is 10.0 Å². The molecule has 4 nitrogen and oxygen atoms in total. The molecule has 1 aromatic carbocycles. The van der Waals surface area contributed by atoms with Crippen molar-refractivity contribution in [2.45, 2.75) is 62.4 Å². The van der Waals surface area contributed by atoms with E-state index in [9.17, 15) is 8.42 Å². The molecule has 0 bridgehead atoms. The predicted molar refractivity (Wildman–Crippen MR) is 92.8 cm³/mol. The van der Waals surface area contributed by atoms with Crippen LogP contribution < -0.4 is 5.32 Å². The Morgan fingerprint density at radius 3 is 2.22 bits per heavy atom. The van der Waals surface area contributed by atoms with Gasteiger partial charge in [-0.1, -0.05) is 25.0 Å². The number of rotatable bonds is 5. The highest BCUT2D eigenvalue weighted by Gasteiger charge is 2.48. The fourth-order valence-electron chi connectivity index (χ4n) is 4.17. The van der Waals surface area contributed by atoms with Gasteiger partial charge in [0.1, 0.15) is 0 Å². The molecule has 0 amide bonds. The summed E-state index contributed by atoms with van der Waals surface area (Å²) in [4.78, 5) is 0.356. The summed E-state index contributed by atoms with van der Waals surface area (Å²) in [6.07, 6.45) is 8.15. The molecular formula is C18H28N2O2S. The van der Waals surface area contributed by atoms with E-state index in [-0.39, 0.29) is 6.04 Å². The molecule has 5 heteroatoms. The van der Waals surface area contributed by atoms with Crippen LogP contribution in [0.2, 0.25) is 0 Å². The van der Waals surface area contributed by atoms with Crippen LogP contribution in [0.3, 0.4) is 0 Å². The van der Waals surface area contributed by atoms with Crippen LogP contribution in [0.1, 0.15) is 57.1 Å². The second-order valence-electron chi connectivity index (χ2n) is 7.41. The van der Waals surface area contributed by atoms with E-state index in [2.05, 4.69) is 12.2 Å². The first-order valence-corrected chi connectivity index (χ1v) is 10.1. The van der Waals surface area contributed by atoms with Gasteiger partial charge in [-0.15, -0.1) is 0 Å². The van der Waals surface area contributed by atoms with Crippen LogP contribution in [0.4, 0.5) is 0 Å². The number of nitrogens with one attached hydrogen (secondary N) is 1. The maximum Gasteiger partial charge on any atom is 0.242 e. The molecule has 2 fully saturated rings. The molecule has 0 saturated heterocycles. The Balaban J connectivity index is 1.68. The Morgan fingerprint density at radius 2 is 1.74 bits per heavy atom. The lowest BCUT2D eigenvalue weighted by Crippen LogP contribution is -2.52. The quantitative estimate of drug-likeness (QED) is 0.897. The minimum atomic E-state index is -3.34. The van der Waals surface area contributed by atoms with Gasteiger partial charge in [-0.05, 0) is 55.7 Å². The maximum absolute atomic E-state index is 12.1. The molecule has 23 heavy (non-hydrogen) atoms. The minimum absolute atomic E-state index is 0.258. The fraction of sp³-hybridized carbons (Fsp3) is 0.667. The van der Waals surface area contributed by atoms with Gasteiger partial charge < -0.3 is 5.32 Å². The van der Waals surface area contributed by atoms with Crippen molar-refractivity contribution in [2.75, 3.05) is 14.1 Å². The maximum atomic E-state index is 12.1. The first-order chi connectivity index (χ1) is 10.8. The largest absolute Gasteiger partial charge is 0.307 e. The first-order valence-electron chi connectivity index (χ1n) is 8.64. The molecule has 0 aromatic heterocycles. The molecule has 2 unspecified atom stereocenters. The van der Waals surface area contributed by atoms with Crippen LogP contribution in [0.15, 0.2) is 29.2 Å². The van der Waals surface area contributed by atoms with E-state index in [4.69, 9.17) is 0 Å². The van der Waals surface area contributed by atoms with Gasteiger partial charge in [0.25, 0.3) is 0 Å². The smallest absolute Gasteiger partial charge is 0.242 e. The van der Waals surface area contributed by atoms with Crippen molar-refractivity contribution < 1.29 is 8.42 Å². The van der Waals surface area contributed by atoms with E-state index in [0.717, 1.165) is 5.56 Å². The molecule has 1 spiro atoms. The molecule has 0 aliphatic heterocycles. The second-order valence-corrected chi connectivity index (χ2v) is 9.56. The molecular weight excluding hydrogens is 308 g/mol. The van der Waals surface area contributed by atoms with Crippen molar-refractivity contribution >= 4 is 10.0 Å². The summed E-state index contributed by atoms with van der Waals surface area (Å²) < 4.78 is 25.5. The molecule has 1 N–H and O–H groups in total. The minimum Gasteiger partial charge on any atom is -0.307 e. The van der Waals surface area contributed by atoms with Gasteiger partial charge in [0.2, 0.25) is 10.0 Å². The Kier molecular flexibility index (Phi) is 4.55. The monoisotopic (exact) mass is 336 g/mol. The zero-order chi connectivity index (χ0) is 16.7. The summed E-state index contributed by atoms with van der Waals surface area (Å²) in [6.45, 7) is 2.18. The number of benzene rings is 1. The topological polar surface area (TPSA) is 49.4 Å². The summed E-state index contributed by atoms with van der Waals surface area (Å²) in [5, 5.41) is 3.79. The number of hydrogen-bond acceptors (Lipinski definition) is 3. The molecule has 2 atom stereocenters. The van der Waals surface area contributed by atoms with Gasteiger partial charge in [0, 0.05) is 26.2 Å². The van der Waals surface area contributed by atoms with Crippen molar-refractivity contribution in [3.05, 3.63) is 29.8 Å². The van der Waals surface area contributed by atoms with Crippen LogP contribution in [0.25, 0.3) is 0 Å². The van der Waals surface area contributed by atoms with Crippen molar-refractivity contribution in [1.82, 2.24) is 9.62 Å². The zero-order valence-corrected chi connectivity index (χ0v) is 15.2. The third-order valence-electron chi connectivity index (χ3n) is 5.88. The molecule has 1 aromatic rings. The number of nitrogens with zero attached hydrogens (tertiary/aromatic N) is 1. The summed E-state index contributed by atoms with van der Waals surface area (Å²) in [5.74, 6) is 0. The summed E-state index contributed by atoms with van der Waals surface area (Å²) in [7, 11) is -0.220. The lowest BCUT2D eigenvalue weighted by molar-refractivity contribution is 0.0651. The predicted octanol–water partition coefficient (Wildman–Crippen LogP) is 3.31. The zero-order valence-electron chi connectivity index (χ0n) is 14.4. The van der Waals surface area contributed by atoms with Crippen molar-refractivity contribution in [3.8, 4) is 0 Å².